The van der Waals surface area contributed by atoms with Gasteiger partial charge in [-0.3, -0.25) is 0 Å². The predicted molar refractivity (Wildman–Crippen MR) is 51.8 cm³/mol. The molecule has 0 aromatic heterocycles. The Morgan fingerprint density at radius 3 is 2.31 bits per heavy atom. The molecule has 0 radical (unpaired) electrons. The number of aliphatic hydroxyl groups is 1. The van der Waals surface area contributed by atoms with E-state index in [1.165, 1.54) is 4.31 Å². The van der Waals surface area contributed by atoms with Crippen molar-refractivity contribution in [2.75, 3.05) is 25.4 Å². The fourth-order valence-electron chi connectivity index (χ4n) is 1.08. The first-order valence-electron chi connectivity index (χ1n) is 4.26. The van der Waals surface area contributed by atoms with Crippen molar-refractivity contribution in [2.24, 2.45) is 5.73 Å². The van der Waals surface area contributed by atoms with E-state index >= 15 is 0 Å². The largest absolute Gasteiger partial charge is 0.395 e. The Balaban J connectivity index is 4.53. The quantitative estimate of drug-likeness (QED) is 0.587. The van der Waals surface area contributed by atoms with E-state index in [4.69, 9.17) is 10.8 Å². The highest BCUT2D eigenvalue weighted by molar-refractivity contribution is 7.89. The van der Waals surface area contributed by atoms with Gasteiger partial charge < -0.3 is 10.8 Å². The maximum Gasteiger partial charge on any atom is 0.215 e. The summed E-state index contributed by atoms with van der Waals surface area (Å²) >= 11 is 0. The molecule has 0 unspecified atom stereocenters. The molecule has 0 aromatic rings. The van der Waals surface area contributed by atoms with Crippen molar-refractivity contribution in [3.8, 4) is 0 Å². The van der Waals surface area contributed by atoms with Gasteiger partial charge in [-0.15, -0.1) is 0 Å². The van der Waals surface area contributed by atoms with Crippen LogP contribution in [0.1, 0.15) is 13.8 Å². The Hall–Kier alpha value is -0.170. The van der Waals surface area contributed by atoms with Crippen LogP contribution in [0.15, 0.2) is 0 Å². The highest BCUT2D eigenvalue weighted by Gasteiger charge is 2.22. The van der Waals surface area contributed by atoms with Crippen LogP contribution in [-0.4, -0.2) is 49.3 Å². The molecule has 0 fully saturated rings. The molecule has 0 saturated heterocycles. The number of hydrogen-bond acceptors (Lipinski definition) is 4. The van der Waals surface area contributed by atoms with Gasteiger partial charge in [0.15, 0.2) is 0 Å². The lowest BCUT2D eigenvalue weighted by atomic mass is 10.4. The van der Waals surface area contributed by atoms with Crippen LogP contribution in [0.4, 0.5) is 0 Å². The third-order valence-corrected chi connectivity index (χ3v) is 3.70. The van der Waals surface area contributed by atoms with Crippen LogP contribution in [0.5, 0.6) is 0 Å². The molecule has 0 atom stereocenters. The molecule has 0 heterocycles. The van der Waals surface area contributed by atoms with Crippen molar-refractivity contribution in [2.45, 2.75) is 19.9 Å². The van der Waals surface area contributed by atoms with E-state index in [0.29, 0.717) is 0 Å². The van der Waals surface area contributed by atoms with E-state index in [1.807, 2.05) is 0 Å². The molecular formula is C7H18N2O3S. The molecule has 0 saturated carbocycles. The number of nitrogens with zero attached hydrogens (tertiary/aromatic N) is 1. The Morgan fingerprint density at radius 1 is 1.46 bits per heavy atom. The monoisotopic (exact) mass is 210 g/mol. The third kappa shape index (κ3) is 4.04. The molecule has 80 valence electrons. The van der Waals surface area contributed by atoms with Gasteiger partial charge in [0.05, 0.1) is 12.4 Å². The fourth-order valence-corrected chi connectivity index (χ4v) is 2.62. The maximum atomic E-state index is 11.5. The highest BCUT2D eigenvalue weighted by Crippen LogP contribution is 2.05. The minimum Gasteiger partial charge on any atom is -0.395 e. The van der Waals surface area contributed by atoms with Crippen molar-refractivity contribution in [1.82, 2.24) is 4.31 Å². The Kier molecular flexibility index (Phi) is 5.46. The van der Waals surface area contributed by atoms with Crippen LogP contribution in [0.3, 0.4) is 0 Å². The van der Waals surface area contributed by atoms with Crippen LogP contribution in [0, 0.1) is 0 Å². The van der Waals surface area contributed by atoms with Crippen molar-refractivity contribution >= 4 is 10.0 Å². The summed E-state index contributed by atoms with van der Waals surface area (Å²) in [5.74, 6) is -0.0643. The topological polar surface area (TPSA) is 83.6 Å². The number of rotatable bonds is 6. The Labute approximate surface area is 79.6 Å². The summed E-state index contributed by atoms with van der Waals surface area (Å²) in [5.41, 5.74) is 5.18. The van der Waals surface area contributed by atoms with Gasteiger partial charge in [-0.2, -0.15) is 4.31 Å². The molecule has 0 spiro atoms. The molecule has 5 nitrogen and oxygen atoms in total. The number of sulfonamides is 1. The van der Waals surface area contributed by atoms with Gasteiger partial charge in [0.1, 0.15) is 0 Å². The van der Waals surface area contributed by atoms with E-state index < -0.39 is 10.0 Å². The molecule has 0 amide bonds. The average molecular weight is 210 g/mol. The van der Waals surface area contributed by atoms with E-state index in [-0.39, 0.29) is 31.5 Å². The lowest BCUT2D eigenvalue weighted by Gasteiger charge is -2.24. The summed E-state index contributed by atoms with van der Waals surface area (Å²) in [5, 5.41) is 8.68. The van der Waals surface area contributed by atoms with Gasteiger partial charge in [0, 0.05) is 19.1 Å². The van der Waals surface area contributed by atoms with Crippen molar-refractivity contribution in [3.05, 3.63) is 0 Å². The van der Waals surface area contributed by atoms with Gasteiger partial charge in [-0.05, 0) is 13.8 Å². The predicted octanol–water partition coefficient (Wildman–Crippen LogP) is -1.02. The van der Waals surface area contributed by atoms with Crippen LogP contribution < -0.4 is 5.73 Å². The lowest BCUT2D eigenvalue weighted by molar-refractivity contribution is 0.236. The van der Waals surface area contributed by atoms with Gasteiger partial charge in [0.25, 0.3) is 0 Å². The Morgan fingerprint density at radius 2 is 2.00 bits per heavy atom. The molecule has 6 heteroatoms. The number of nitrogens with two attached hydrogens (primary N) is 1. The molecule has 3 N–H and O–H groups in total. The van der Waals surface area contributed by atoms with Gasteiger partial charge in [0.2, 0.25) is 10.0 Å². The zero-order chi connectivity index (χ0) is 10.5. The molecule has 0 bridgehead atoms. The van der Waals surface area contributed by atoms with E-state index in [1.54, 1.807) is 13.8 Å². The zero-order valence-corrected chi connectivity index (χ0v) is 8.92. The standard InChI is InChI=1S/C7H18N2O3S/c1-7(2)9(4-5-10)13(11,12)6-3-8/h7,10H,3-6,8H2,1-2H3. The van der Waals surface area contributed by atoms with E-state index in [9.17, 15) is 8.42 Å². The van der Waals surface area contributed by atoms with E-state index in [2.05, 4.69) is 0 Å². The van der Waals surface area contributed by atoms with Gasteiger partial charge in [-0.1, -0.05) is 0 Å². The maximum absolute atomic E-state index is 11.5. The Bertz CT molecular complexity index is 226. The first-order valence-corrected chi connectivity index (χ1v) is 5.87. The minimum atomic E-state index is -3.29. The van der Waals surface area contributed by atoms with Crippen LogP contribution in [0.2, 0.25) is 0 Å². The second-order valence-electron chi connectivity index (χ2n) is 3.03. The summed E-state index contributed by atoms with van der Waals surface area (Å²) < 4.78 is 24.3. The average Bonchev–Trinajstić information content (AvgIpc) is 1.99. The second kappa shape index (κ2) is 5.54. The minimum absolute atomic E-state index is 0.0643. The summed E-state index contributed by atoms with van der Waals surface area (Å²) in [6.45, 7) is 3.62. The SMILES string of the molecule is CC(C)N(CCO)S(=O)(=O)CCN. The number of aliphatic hydroxyl groups excluding tert-OH is 1. The second-order valence-corrected chi connectivity index (χ2v) is 5.07. The molecule has 13 heavy (non-hydrogen) atoms. The first kappa shape index (κ1) is 12.8. The molecule has 0 aliphatic heterocycles. The fraction of sp³-hybridized carbons (Fsp3) is 1.00. The highest BCUT2D eigenvalue weighted by atomic mass is 32.2. The summed E-state index contributed by atoms with van der Waals surface area (Å²) in [6, 6.07) is -0.135. The molecule has 0 aliphatic carbocycles. The molecular weight excluding hydrogens is 192 g/mol. The summed E-state index contributed by atoms with van der Waals surface area (Å²) in [4.78, 5) is 0. The smallest absolute Gasteiger partial charge is 0.215 e. The van der Waals surface area contributed by atoms with E-state index in [0.717, 1.165) is 0 Å². The van der Waals surface area contributed by atoms with Crippen molar-refractivity contribution in [1.29, 1.82) is 0 Å². The normalized spacial score (nSPS) is 12.8. The zero-order valence-electron chi connectivity index (χ0n) is 8.10. The lowest BCUT2D eigenvalue weighted by Crippen LogP contribution is -2.41. The summed E-state index contributed by atoms with van der Waals surface area (Å²) in [7, 11) is -3.29. The summed E-state index contributed by atoms with van der Waals surface area (Å²) in [6.07, 6.45) is 0. The van der Waals surface area contributed by atoms with Gasteiger partial charge >= 0.3 is 0 Å². The van der Waals surface area contributed by atoms with Crippen LogP contribution in [-0.2, 0) is 10.0 Å². The molecule has 0 rings (SSSR count). The molecule has 0 aromatic carbocycles. The van der Waals surface area contributed by atoms with Gasteiger partial charge in [-0.25, -0.2) is 8.42 Å². The number of hydrogen-bond donors (Lipinski definition) is 2. The third-order valence-electron chi connectivity index (χ3n) is 1.63. The van der Waals surface area contributed by atoms with Crippen molar-refractivity contribution < 1.29 is 13.5 Å². The van der Waals surface area contributed by atoms with Crippen LogP contribution >= 0.6 is 0 Å². The first-order chi connectivity index (χ1) is 5.95. The van der Waals surface area contributed by atoms with Crippen LogP contribution in [0.25, 0.3) is 0 Å². The van der Waals surface area contributed by atoms with Crippen molar-refractivity contribution in [3.63, 3.8) is 0 Å². The molecule has 0 aliphatic rings.